The van der Waals surface area contributed by atoms with Gasteiger partial charge in [-0.05, 0) is 49.3 Å². The molecule has 2 heterocycles. The topological polar surface area (TPSA) is 49.0 Å². The van der Waals surface area contributed by atoms with Crippen LogP contribution in [0.3, 0.4) is 0 Å². The van der Waals surface area contributed by atoms with Gasteiger partial charge in [0.15, 0.2) is 5.69 Å². The standard InChI is InChI=1S/C17H21N3OS/c1-4-15-11(2)16(19-18-15)17(21)20-8-7-12-9-14(22-3)6-5-13(12)10-20/h5-6,9H,4,7-8,10H2,1-3H3,(H,18,19). The molecule has 1 aliphatic heterocycles. The van der Waals surface area contributed by atoms with E-state index in [1.54, 1.807) is 11.8 Å². The summed E-state index contributed by atoms with van der Waals surface area (Å²) in [6.07, 6.45) is 3.87. The van der Waals surface area contributed by atoms with Gasteiger partial charge in [-0.2, -0.15) is 5.10 Å². The Labute approximate surface area is 135 Å². The normalized spacial score (nSPS) is 14.0. The molecule has 1 amide bonds. The number of rotatable bonds is 3. The minimum absolute atomic E-state index is 0.0352. The fourth-order valence-corrected chi connectivity index (χ4v) is 3.43. The summed E-state index contributed by atoms with van der Waals surface area (Å²) in [7, 11) is 0. The third-order valence-electron chi connectivity index (χ3n) is 4.38. The molecule has 0 aliphatic carbocycles. The molecule has 3 rings (SSSR count). The van der Waals surface area contributed by atoms with Crippen LogP contribution in [-0.4, -0.2) is 33.8 Å². The molecule has 0 radical (unpaired) electrons. The number of fused-ring (bicyclic) bond motifs is 1. The molecule has 1 aliphatic rings. The summed E-state index contributed by atoms with van der Waals surface area (Å²) in [5, 5.41) is 7.20. The summed E-state index contributed by atoms with van der Waals surface area (Å²) in [6.45, 7) is 5.47. The van der Waals surface area contributed by atoms with Crippen LogP contribution in [0.5, 0.6) is 0 Å². The molecule has 0 atom stereocenters. The first-order chi connectivity index (χ1) is 10.6. The Kier molecular flexibility index (Phi) is 4.25. The van der Waals surface area contributed by atoms with Gasteiger partial charge < -0.3 is 4.90 Å². The number of aryl methyl sites for hydroxylation is 1. The summed E-state index contributed by atoms with van der Waals surface area (Å²) in [6, 6.07) is 6.53. The van der Waals surface area contributed by atoms with Crippen LogP contribution < -0.4 is 0 Å². The van der Waals surface area contributed by atoms with Crippen LogP contribution in [-0.2, 0) is 19.4 Å². The lowest BCUT2D eigenvalue weighted by atomic mass is 9.99. The largest absolute Gasteiger partial charge is 0.333 e. The average Bonchev–Trinajstić information content (AvgIpc) is 2.93. The first-order valence-corrected chi connectivity index (χ1v) is 8.85. The second kappa shape index (κ2) is 6.16. The van der Waals surface area contributed by atoms with Crippen molar-refractivity contribution in [3.05, 3.63) is 46.3 Å². The van der Waals surface area contributed by atoms with Crippen LogP contribution in [0.2, 0.25) is 0 Å². The Morgan fingerprint density at radius 2 is 2.23 bits per heavy atom. The molecule has 0 spiro atoms. The average molecular weight is 315 g/mol. The molecule has 0 bridgehead atoms. The van der Waals surface area contributed by atoms with Crippen molar-refractivity contribution in [2.45, 2.75) is 38.1 Å². The van der Waals surface area contributed by atoms with Gasteiger partial charge in [-0.25, -0.2) is 0 Å². The number of hydrogen-bond acceptors (Lipinski definition) is 3. The van der Waals surface area contributed by atoms with E-state index in [1.807, 2.05) is 11.8 Å². The molecule has 4 nitrogen and oxygen atoms in total. The Morgan fingerprint density at radius 3 is 2.91 bits per heavy atom. The van der Waals surface area contributed by atoms with Crippen molar-refractivity contribution in [3.63, 3.8) is 0 Å². The molecule has 2 aromatic rings. The van der Waals surface area contributed by atoms with E-state index in [4.69, 9.17) is 0 Å². The fourth-order valence-electron chi connectivity index (χ4n) is 2.97. The first kappa shape index (κ1) is 15.2. The maximum absolute atomic E-state index is 12.7. The molecule has 0 saturated carbocycles. The van der Waals surface area contributed by atoms with E-state index in [2.05, 4.69) is 41.6 Å². The van der Waals surface area contributed by atoms with Crippen molar-refractivity contribution in [3.8, 4) is 0 Å². The van der Waals surface area contributed by atoms with E-state index >= 15 is 0 Å². The van der Waals surface area contributed by atoms with E-state index in [0.717, 1.165) is 30.6 Å². The number of nitrogens with one attached hydrogen (secondary N) is 1. The smallest absolute Gasteiger partial charge is 0.274 e. The van der Waals surface area contributed by atoms with Crippen LogP contribution in [0.15, 0.2) is 23.1 Å². The highest BCUT2D eigenvalue weighted by atomic mass is 32.2. The minimum Gasteiger partial charge on any atom is -0.333 e. The van der Waals surface area contributed by atoms with Crippen molar-refractivity contribution in [2.75, 3.05) is 12.8 Å². The quantitative estimate of drug-likeness (QED) is 0.885. The van der Waals surface area contributed by atoms with Gasteiger partial charge >= 0.3 is 0 Å². The SMILES string of the molecule is CCc1[nH]nc(C(=O)N2CCc3cc(SC)ccc3C2)c1C. The number of aromatic amines is 1. The predicted molar refractivity (Wildman–Crippen MR) is 89.4 cm³/mol. The highest BCUT2D eigenvalue weighted by Gasteiger charge is 2.25. The predicted octanol–water partition coefficient (Wildman–Crippen LogP) is 3.20. The molecular formula is C17H21N3OS. The number of amides is 1. The van der Waals surface area contributed by atoms with Gasteiger partial charge in [-0.15, -0.1) is 11.8 Å². The zero-order chi connectivity index (χ0) is 15.7. The summed E-state index contributed by atoms with van der Waals surface area (Å²) >= 11 is 1.76. The van der Waals surface area contributed by atoms with Crippen LogP contribution in [0.4, 0.5) is 0 Å². The lowest BCUT2D eigenvalue weighted by Gasteiger charge is -2.28. The van der Waals surface area contributed by atoms with Gasteiger partial charge in [0, 0.05) is 29.2 Å². The third kappa shape index (κ3) is 2.65. The Bertz CT molecular complexity index is 708. The van der Waals surface area contributed by atoms with Crippen molar-refractivity contribution in [1.29, 1.82) is 0 Å². The molecule has 5 heteroatoms. The van der Waals surface area contributed by atoms with Gasteiger partial charge in [0.1, 0.15) is 0 Å². The van der Waals surface area contributed by atoms with Gasteiger partial charge in [0.05, 0.1) is 0 Å². The lowest BCUT2D eigenvalue weighted by molar-refractivity contribution is 0.0728. The van der Waals surface area contributed by atoms with E-state index in [1.165, 1.54) is 16.0 Å². The second-order valence-corrected chi connectivity index (χ2v) is 6.52. The number of H-pyrrole nitrogens is 1. The number of thioether (sulfide) groups is 1. The van der Waals surface area contributed by atoms with Crippen molar-refractivity contribution in [2.24, 2.45) is 0 Å². The second-order valence-electron chi connectivity index (χ2n) is 5.64. The summed E-state index contributed by atoms with van der Waals surface area (Å²) in [5.74, 6) is 0.0352. The molecule has 1 aromatic heterocycles. The number of aromatic nitrogens is 2. The first-order valence-electron chi connectivity index (χ1n) is 7.63. The van der Waals surface area contributed by atoms with E-state index in [-0.39, 0.29) is 5.91 Å². The van der Waals surface area contributed by atoms with E-state index in [9.17, 15) is 4.79 Å². The maximum atomic E-state index is 12.7. The number of carbonyl (C=O) groups excluding carboxylic acids is 1. The maximum Gasteiger partial charge on any atom is 0.274 e. The molecule has 0 unspecified atom stereocenters. The summed E-state index contributed by atoms with van der Waals surface area (Å²) < 4.78 is 0. The van der Waals surface area contributed by atoms with Crippen LogP contribution in [0, 0.1) is 6.92 Å². The van der Waals surface area contributed by atoms with Crippen molar-refractivity contribution >= 4 is 17.7 Å². The van der Waals surface area contributed by atoms with Crippen molar-refractivity contribution < 1.29 is 4.79 Å². The Hall–Kier alpha value is -1.75. The monoisotopic (exact) mass is 315 g/mol. The number of hydrogen-bond donors (Lipinski definition) is 1. The fraction of sp³-hybridized carbons (Fsp3) is 0.412. The van der Waals surface area contributed by atoms with E-state index < -0.39 is 0 Å². The molecule has 0 fully saturated rings. The molecule has 0 saturated heterocycles. The van der Waals surface area contributed by atoms with Gasteiger partial charge in [-0.3, -0.25) is 9.89 Å². The molecule has 1 N–H and O–H groups in total. The highest BCUT2D eigenvalue weighted by Crippen LogP contribution is 2.25. The van der Waals surface area contributed by atoms with Crippen LogP contribution >= 0.6 is 11.8 Å². The zero-order valence-corrected chi connectivity index (χ0v) is 14.1. The van der Waals surface area contributed by atoms with Gasteiger partial charge in [-0.1, -0.05) is 13.0 Å². The molecule has 1 aromatic carbocycles. The number of benzene rings is 1. The van der Waals surface area contributed by atoms with E-state index in [0.29, 0.717) is 12.2 Å². The zero-order valence-electron chi connectivity index (χ0n) is 13.3. The molecule has 22 heavy (non-hydrogen) atoms. The van der Waals surface area contributed by atoms with Gasteiger partial charge in [0.25, 0.3) is 5.91 Å². The Morgan fingerprint density at radius 1 is 1.41 bits per heavy atom. The van der Waals surface area contributed by atoms with Crippen LogP contribution in [0.25, 0.3) is 0 Å². The van der Waals surface area contributed by atoms with Crippen molar-refractivity contribution in [1.82, 2.24) is 15.1 Å². The molecular weight excluding hydrogens is 294 g/mol. The minimum atomic E-state index is 0.0352. The molecule has 116 valence electrons. The Balaban J connectivity index is 1.81. The van der Waals surface area contributed by atoms with Gasteiger partial charge in [0.2, 0.25) is 0 Å². The highest BCUT2D eigenvalue weighted by molar-refractivity contribution is 7.98. The number of nitrogens with zero attached hydrogens (tertiary/aromatic N) is 2. The lowest BCUT2D eigenvalue weighted by Crippen LogP contribution is -2.36. The van der Waals surface area contributed by atoms with Crippen LogP contribution in [0.1, 0.15) is 39.8 Å². The third-order valence-corrected chi connectivity index (χ3v) is 5.10. The summed E-state index contributed by atoms with van der Waals surface area (Å²) in [4.78, 5) is 15.9. The number of carbonyl (C=O) groups is 1. The summed E-state index contributed by atoms with van der Waals surface area (Å²) in [5.41, 5.74) is 5.22.